The minimum atomic E-state index is 0.316. The third-order valence-corrected chi connectivity index (χ3v) is 6.99. The molecule has 1 unspecified atom stereocenters. The summed E-state index contributed by atoms with van der Waals surface area (Å²) in [5.41, 5.74) is 2.07. The summed E-state index contributed by atoms with van der Waals surface area (Å²) in [5, 5.41) is 13.8. The summed E-state index contributed by atoms with van der Waals surface area (Å²) in [6.07, 6.45) is 9.47. The van der Waals surface area contributed by atoms with E-state index >= 15 is 0 Å². The van der Waals surface area contributed by atoms with Gasteiger partial charge in [-0.1, -0.05) is 19.1 Å². The summed E-state index contributed by atoms with van der Waals surface area (Å²) in [4.78, 5) is 11.5. The number of nitrogens with zero attached hydrogens (tertiary/aromatic N) is 8. The van der Waals surface area contributed by atoms with Gasteiger partial charge in [0.1, 0.15) is 11.5 Å². The first-order chi connectivity index (χ1) is 15.9. The molecular weight excluding hydrogens is 416 g/mol. The van der Waals surface area contributed by atoms with Crippen molar-refractivity contribution in [3.8, 4) is 22.9 Å². The van der Waals surface area contributed by atoms with Gasteiger partial charge >= 0.3 is 0 Å². The first-order valence-corrected chi connectivity index (χ1v) is 12.0. The van der Waals surface area contributed by atoms with Crippen LogP contribution < -0.4 is 4.90 Å². The van der Waals surface area contributed by atoms with E-state index in [0.29, 0.717) is 23.2 Å². The summed E-state index contributed by atoms with van der Waals surface area (Å²) < 4.78 is 9.53. The number of pyridine rings is 1. The second-order valence-electron chi connectivity index (χ2n) is 10.5. The molecule has 1 saturated heterocycles. The van der Waals surface area contributed by atoms with Gasteiger partial charge in [-0.15, -0.1) is 5.10 Å². The molecule has 0 spiro atoms. The van der Waals surface area contributed by atoms with Crippen LogP contribution in [-0.4, -0.2) is 62.1 Å². The summed E-state index contributed by atoms with van der Waals surface area (Å²) >= 11 is 0. The van der Waals surface area contributed by atoms with Crippen LogP contribution in [0.5, 0.6) is 0 Å². The second-order valence-corrected chi connectivity index (χ2v) is 10.5. The normalized spacial score (nSPS) is 20.9. The number of aromatic nitrogens is 7. The minimum Gasteiger partial charge on any atom is -0.381 e. The molecule has 3 aromatic heterocycles. The highest BCUT2D eigenvalue weighted by Crippen LogP contribution is 2.41. The van der Waals surface area contributed by atoms with Gasteiger partial charge < -0.3 is 9.64 Å². The van der Waals surface area contributed by atoms with E-state index in [2.05, 4.69) is 33.8 Å². The van der Waals surface area contributed by atoms with Crippen LogP contribution in [0, 0.1) is 11.3 Å². The van der Waals surface area contributed by atoms with Gasteiger partial charge in [-0.25, -0.2) is 14.6 Å². The molecule has 1 atom stereocenters. The molecule has 176 valence electrons. The Hall–Kier alpha value is -2.81. The van der Waals surface area contributed by atoms with E-state index in [1.54, 1.807) is 0 Å². The predicted molar refractivity (Wildman–Crippen MR) is 127 cm³/mol. The molecule has 1 aliphatic heterocycles. The predicted octanol–water partition coefficient (Wildman–Crippen LogP) is 3.84. The molecule has 5 rings (SSSR count). The smallest absolute Gasteiger partial charge is 0.183 e. The van der Waals surface area contributed by atoms with Crippen LogP contribution in [0.4, 0.5) is 5.82 Å². The molecule has 2 fully saturated rings. The maximum absolute atomic E-state index is 5.51. The number of hydrogen-bond donors (Lipinski definition) is 0. The van der Waals surface area contributed by atoms with Crippen LogP contribution in [-0.2, 0) is 11.3 Å². The van der Waals surface area contributed by atoms with E-state index in [1.165, 1.54) is 12.8 Å². The van der Waals surface area contributed by atoms with Gasteiger partial charge in [0.2, 0.25) is 0 Å². The maximum Gasteiger partial charge on any atom is 0.183 e. The van der Waals surface area contributed by atoms with Gasteiger partial charge in [-0.05, 0) is 49.7 Å². The van der Waals surface area contributed by atoms with Crippen molar-refractivity contribution in [3.05, 3.63) is 24.5 Å². The molecule has 9 nitrogen and oxygen atoms in total. The van der Waals surface area contributed by atoms with Crippen molar-refractivity contribution in [1.29, 1.82) is 0 Å². The number of hydrogen-bond acceptors (Lipinski definition) is 7. The maximum atomic E-state index is 5.51. The zero-order valence-corrected chi connectivity index (χ0v) is 20.1. The van der Waals surface area contributed by atoms with E-state index in [0.717, 1.165) is 61.9 Å². The Morgan fingerprint density at radius 1 is 1.15 bits per heavy atom. The second kappa shape index (κ2) is 8.85. The molecule has 0 amide bonds. The number of anilines is 1. The van der Waals surface area contributed by atoms with E-state index < -0.39 is 0 Å². The monoisotopic (exact) mass is 450 g/mol. The van der Waals surface area contributed by atoms with Gasteiger partial charge in [0.15, 0.2) is 11.6 Å². The van der Waals surface area contributed by atoms with Crippen LogP contribution in [0.25, 0.3) is 22.9 Å². The van der Waals surface area contributed by atoms with Crippen LogP contribution in [0.3, 0.4) is 0 Å². The number of ether oxygens (including phenoxy) is 1. The first-order valence-electron chi connectivity index (χ1n) is 12.0. The average Bonchev–Trinajstić information content (AvgIpc) is 3.55. The Kier molecular flexibility index (Phi) is 5.90. The zero-order chi connectivity index (χ0) is 23.0. The van der Waals surface area contributed by atoms with Gasteiger partial charge in [0.25, 0.3) is 0 Å². The molecular formula is C24H34N8O. The Bertz CT molecular complexity index is 1070. The van der Waals surface area contributed by atoms with Gasteiger partial charge in [-0.2, -0.15) is 5.10 Å². The van der Waals surface area contributed by atoms with Crippen molar-refractivity contribution in [2.24, 2.45) is 11.3 Å². The highest BCUT2D eigenvalue weighted by Gasteiger charge is 2.31. The van der Waals surface area contributed by atoms with Crippen molar-refractivity contribution in [2.45, 2.75) is 58.5 Å². The highest BCUT2D eigenvalue weighted by atomic mass is 16.5. The molecule has 2 aliphatic rings. The zero-order valence-electron chi connectivity index (χ0n) is 20.1. The molecule has 0 N–H and O–H groups in total. The van der Waals surface area contributed by atoms with Crippen LogP contribution in [0.15, 0.2) is 24.5 Å². The molecule has 0 aromatic carbocycles. The standard InChI is InChI=1S/C24H34N8O/c1-24(2)10-7-19(8-11-24)32-23(20-15-31(29-27-20)14-17-9-12-33-16-17)26-22(28-32)18-5-6-21(25-13-18)30(3)4/h5-6,13,15,17,19H,7-12,14,16H2,1-4H3. The average molecular weight is 451 g/mol. The summed E-state index contributed by atoms with van der Waals surface area (Å²) in [5.74, 6) is 2.88. The molecule has 9 heteroatoms. The van der Waals surface area contributed by atoms with E-state index in [4.69, 9.17) is 14.8 Å². The van der Waals surface area contributed by atoms with Crippen molar-refractivity contribution >= 4 is 5.82 Å². The van der Waals surface area contributed by atoms with Crippen molar-refractivity contribution < 1.29 is 4.74 Å². The third kappa shape index (κ3) is 4.78. The van der Waals surface area contributed by atoms with Crippen molar-refractivity contribution in [3.63, 3.8) is 0 Å². The summed E-state index contributed by atoms with van der Waals surface area (Å²) in [7, 11) is 3.97. The summed E-state index contributed by atoms with van der Waals surface area (Å²) in [6, 6.07) is 4.35. The lowest BCUT2D eigenvalue weighted by Crippen LogP contribution is -2.24. The fourth-order valence-electron chi connectivity index (χ4n) is 4.77. The number of rotatable bonds is 6. The van der Waals surface area contributed by atoms with Gasteiger partial charge in [0.05, 0.1) is 18.8 Å². The van der Waals surface area contributed by atoms with Crippen molar-refractivity contribution in [1.82, 2.24) is 34.7 Å². The van der Waals surface area contributed by atoms with Crippen LogP contribution in [0.2, 0.25) is 0 Å². The van der Waals surface area contributed by atoms with Gasteiger partial charge in [-0.3, -0.25) is 4.68 Å². The lowest BCUT2D eigenvalue weighted by Gasteiger charge is -2.34. The lowest BCUT2D eigenvalue weighted by molar-refractivity contribution is 0.181. The van der Waals surface area contributed by atoms with Gasteiger partial charge in [0, 0.05) is 44.9 Å². The van der Waals surface area contributed by atoms with Crippen molar-refractivity contribution in [2.75, 3.05) is 32.2 Å². The quantitative estimate of drug-likeness (QED) is 0.564. The molecule has 1 aliphatic carbocycles. The van der Waals surface area contributed by atoms with E-state index in [9.17, 15) is 0 Å². The Morgan fingerprint density at radius 2 is 1.97 bits per heavy atom. The molecule has 0 radical (unpaired) electrons. The minimum absolute atomic E-state index is 0.316. The molecule has 3 aromatic rings. The Labute approximate surface area is 195 Å². The highest BCUT2D eigenvalue weighted by molar-refractivity contribution is 5.60. The Balaban J connectivity index is 1.46. The fourth-order valence-corrected chi connectivity index (χ4v) is 4.77. The lowest BCUT2D eigenvalue weighted by atomic mass is 9.75. The molecule has 4 heterocycles. The summed E-state index contributed by atoms with van der Waals surface area (Å²) in [6.45, 7) is 7.16. The van der Waals surface area contributed by atoms with Crippen LogP contribution >= 0.6 is 0 Å². The van der Waals surface area contributed by atoms with E-state index in [1.807, 2.05) is 48.2 Å². The third-order valence-electron chi connectivity index (χ3n) is 6.99. The molecule has 33 heavy (non-hydrogen) atoms. The fraction of sp³-hybridized carbons (Fsp3) is 0.625. The first kappa shape index (κ1) is 22.0. The molecule has 1 saturated carbocycles. The van der Waals surface area contributed by atoms with E-state index in [-0.39, 0.29) is 0 Å². The largest absolute Gasteiger partial charge is 0.381 e. The molecule has 0 bridgehead atoms. The van der Waals surface area contributed by atoms with Crippen LogP contribution in [0.1, 0.15) is 52.0 Å². The SMILES string of the molecule is CN(C)c1ccc(-c2nc(-c3cn(CC4CCOC4)nn3)n(C3CCC(C)(C)CC3)n2)cn1. The Morgan fingerprint density at radius 3 is 2.64 bits per heavy atom. The topological polar surface area (TPSA) is 86.8 Å².